The van der Waals surface area contributed by atoms with Crippen LogP contribution in [0.1, 0.15) is 24.5 Å². The van der Waals surface area contributed by atoms with E-state index in [1.165, 1.54) is 12.5 Å². The Labute approximate surface area is 112 Å². The smallest absolute Gasteiger partial charge is 0.325 e. The molecule has 0 unspecified atom stereocenters. The first-order valence-electron chi connectivity index (χ1n) is 6.39. The van der Waals surface area contributed by atoms with Crippen molar-refractivity contribution < 1.29 is 14.7 Å². The largest absolute Gasteiger partial charge is 0.480 e. The molecule has 2 N–H and O–H groups in total. The van der Waals surface area contributed by atoms with E-state index < -0.39 is 12.0 Å². The topological polar surface area (TPSA) is 69.6 Å². The molecule has 1 aliphatic rings. The SMILES string of the molecule is Cc1ccc2c(c1)CCCN2C(=O)N[C@H](C)C(=O)O. The number of aryl methyl sites for hydroxylation is 2. The predicted octanol–water partition coefficient (Wildman–Crippen LogP) is 1.93. The summed E-state index contributed by atoms with van der Waals surface area (Å²) in [5.74, 6) is -1.03. The van der Waals surface area contributed by atoms with E-state index in [4.69, 9.17) is 5.11 Å². The fraction of sp³-hybridized carbons (Fsp3) is 0.429. The molecule has 2 amide bonds. The maximum Gasteiger partial charge on any atom is 0.325 e. The average Bonchev–Trinajstić information content (AvgIpc) is 2.37. The Kier molecular flexibility index (Phi) is 3.74. The number of rotatable bonds is 2. The minimum absolute atomic E-state index is 0.347. The second-order valence-corrected chi connectivity index (χ2v) is 4.90. The molecular weight excluding hydrogens is 244 g/mol. The molecule has 0 aromatic heterocycles. The van der Waals surface area contributed by atoms with Gasteiger partial charge in [-0.05, 0) is 38.3 Å². The van der Waals surface area contributed by atoms with Crippen molar-refractivity contribution in [2.45, 2.75) is 32.7 Å². The van der Waals surface area contributed by atoms with Crippen LogP contribution in [0.15, 0.2) is 18.2 Å². The number of urea groups is 1. The van der Waals surface area contributed by atoms with Crippen LogP contribution in [0, 0.1) is 6.92 Å². The molecule has 1 aromatic carbocycles. The average molecular weight is 262 g/mol. The zero-order valence-electron chi connectivity index (χ0n) is 11.1. The zero-order chi connectivity index (χ0) is 14.0. The van der Waals surface area contributed by atoms with Crippen LogP contribution in [0.2, 0.25) is 0 Å². The lowest BCUT2D eigenvalue weighted by atomic mass is 10.00. The fourth-order valence-electron chi connectivity index (χ4n) is 2.26. The maximum absolute atomic E-state index is 12.1. The van der Waals surface area contributed by atoms with Crippen LogP contribution in [0.5, 0.6) is 0 Å². The molecule has 0 spiro atoms. The number of nitrogens with one attached hydrogen (secondary N) is 1. The van der Waals surface area contributed by atoms with E-state index in [9.17, 15) is 9.59 Å². The van der Waals surface area contributed by atoms with Crippen molar-refractivity contribution in [3.05, 3.63) is 29.3 Å². The van der Waals surface area contributed by atoms with Crippen molar-refractivity contribution >= 4 is 17.7 Å². The number of carbonyl (C=O) groups is 2. The first kappa shape index (κ1) is 13.4. The van der Waals surface area contributed by atoms with Crippen LogP contribution < -0.4 is 10.2 Å². The molecule has 1 atom stereocenters. The Morgan fingerprint density at radius 1 is 1.42 bits per heavy atom. The Morgan fingerprint density at radius 3 is 2.84 bits per heavy atom. The molecule has 102 valence electrons. The van der Waals surface area contributed by atoms with E-state index in [1.54, 1.807) is 4.90 Å². The molecule has 1 aliphatic heterocycles. The van der Waals surface area contributed by atoms with Crippen LogP contribution in [0.4, 0.5) is 10.5 Å². The number of benzene rings is 1. The van der Waals surface area contributed by atoms with Gasteiger partial charge in [0.05, 0.1) is 0 Å². The lowest BCUT2D eigenvalue weighted by Gasteiger charge is -2.30. The van der Waals surface area contributed by atoms with Crippen LogP contribution in [0.25, 0.3) is 0 Å². The molecule has 2 rings (SSSR count). The highest BCUT2D eigenvalue weighted by Crippen LogP contribution is 2.27. The summed E-state index contributed by atoms with van der Waals surface area (Å²) in [6, 6.07) is 4.73. The van der Waals surface area contributed by atoms with Crippen molar-refractivity contribution in [1.82, 2.24) is 5.32 Å². The minimum atomic E-state index is -1.03. The maximum atomic E-state index is 12.1. The van der Waals surface area contributed by atoms with Gasteiger partial charge in [0.15, 0.2) is 0 Å². The Hall–Kier alpha value is -2.04. The highest BCUT2D eigenvalue weighted by molar-refractivity contribution is 5.95. The second kappa shape index (κ2) is 5.30. The second-order valence-electron chi connectivity index (χ2n) is 4.90. The van der Waals surface area contributed by atoms with Gasteiger partial charge in [-0.15, -0.1) is 0 Å². The van der Waals surface area contributed by atoms with Crippen LogP contribution in [-0.4, -0.2) is 29.7 Å². The number of carboxylic acids is 1. The molecule has 1 heterocycles. The first-order valence-corrected chi connectivity index (χ1v) is 6.39. The summed E-state index contributed by atoms with van der Waals surface area (Å²) in [6.07, 6.45) is 1.85. The molecule has 1 aromatic rings. The number of carbonyl (C=O) groups excluding carboxylic acids is 1. The number of aliphatic carboxylic acids is 1. The number of amides is 2. The molecule has 19 heavy (non-hydrogen) atoms. The third kappa shape index (κ3) is 2.86. The van der Waals surface area contributed by atoms with Crippen molar-refractivity contribution in [3.8, 4) is 0 Å². The Balaban J connectivity index is 2.19. The highest BCUT2D eigenvalue weighted by Gasteiger charge is 2.24. The van der Waals surface area contributed by atoms with Crippen LogP contribution in [-0.2, 0) is 11.2 Å². The summed E-state index contributed by atoms with van der Waals surface area (Å²) in [5.41, 5.74) is 3.19. The summed E-state index contributed by atoms with van der Waals surface area (Å²) in [5, 5.41) is 11.3. The highest BCUT2D eigenvalue weighted by atomic mass is 16.4. The van der Waals surface area contributed by atoms with Gasteiger partial charge in [0.25, 0.3) is 0 Å². The number of nitrogens with zero attached hydrogens (tertiary/aromatic N) is 1. The van der Waals surface area contributed by atoms with Gasteiger partial charge >= 0.3 is 12.0 Å². The molecule has 0 saturated heterocycles. The summed E-state index contributed by atoms with van der Waals surface area (Å²) in [6.45, 7) is 4.10. The third-order valence-electron chi connectivity index (χ3n) is 3.31. The van der Waals surface area contributed by atoms with Gasteiger partial charge in [0.1, 0.15) is 6.04 Å². The van der Waals surface area contributed by atoms with Crippen LogP contribution in [0.3, 0.4) is 0 Å². The van der Waals surface area contributed by atoms with Gasteiger partial charge in [-0.1, -0.05) is 17.7 Å². The summed E-state index contributed by atoms with van der Waals surface area (Å²) in [4.78, 5) is 24.5. The fourth-order valence-corrected chi connectivity index (χ4v) is 2.26. The van der Waals surface area contributed by atoms with Crippen molar-refractivity contribution in [2.24, 2.45) is 0 Å². The molecule has 5 nitrogen and oxygen atoms in total. The molecule has 0 fully saturated rings. The Morgan fingerprint density at radius 2 is 2.16 bits per heavy atom. The summed E-state index contributed by atoms with van der Waals surface area (Å²) >= 11 is 0. The standard InChI is InChI=1S/C14H18N2O3/c1-9-5-6-12-11(8-9)4-3-7-16(12)14(19)15-10(2)13(17)18/h5-6,8,10H,3-4,7H2,1-2H3,(H,15,19)(H,17,18)/t10-/m1/s1. The monoisotopic (exact) mass is 262 g/mol. The van der Waals surface area contributed by atoms with Crippen molar-refractivity contribution in [2.75, 3.05) is 11.4 Å². The molecule has 0 saturated carbocycles. The van der Waals surface area contributed by atoms with Crippen molar-refractivity contribution in [3.63, 3.8) is 0 Å². The predicted molar refractivity (Wildman–Crippen MR) is 72.5 cm³/mol. The molecule has 5 heteroatoms. The molecular formula is C14H18N2O3. The number of anilines is 1. The first-order chi connectivity index (χ1) is 8.99. The number of hydrogen-bond donors (Lipinski definition) is 2. The molecule has 0 aliphatic carbocycles. The van der Waals surface area contributed by atoms with E-state index in [-0.39, 0.29) is 6.03 Å². The summed E-state index contributed by atoms with van der Waals surface area (Å²) in [7, 11) is 0. The van der Waals surface area contributed by atoms with E-state index >= 15 is 0 Å². The van der Waals surface area contributed by atoms with Gasteiger partial charge in [-0.3, -0.25) is 9.69 Å². The number of carboxylic acid groups (broad SMARTS) is 1. The van der Waals surface area contributed by atoms with Gasteiger partial charge < -0.3 is 10.4 Å². The van der Waals surface area contributed by atoms with E-state index in [0.717, 1.165) is 24.1 Å². The number of hydrogen-bond acceptors (Lipinski definition) is 2. The zero-order valence-corrected chi connectivity index (χ0v) is 11.1. The van der Waals surface area contributed by atoms with Gasteiger partial charge in [-0.25, -0.2) is 4.79 Å². The van der Waals surface area contributed by atoms with Gasteiger partial charge in [0.2, 0.25) is 0 Å². The van der Waals surface area contributed by atoms with E-state index in [1.807, 2.05) is 19.1 Å². The van der Waals surface area contributed by atoms with Gasteiger partial charge in [0, 0.05) is 12.2 Å². The normalized spacial score (nSPS) is 15.6. The molecule has 0 bridgehead atoms. The quantitative estimate of drug-likeness (QED) is 0.855. The lowest BCUT2D eigenvalue weighted by Crippen LogP contribution is -2.48. The lowest BCUT2D eigenvalue weighted by molar-refractivity contribution is -0.138. The van der Waals surface area contributed by atoms with Gasteiger partial charge in [-0.2, -0.15) is 0 Å². The van der Waals surface area contributed by atoms with Crippen molar-refractivity contribution in [1.29, 1.82) is 0 Å². The van der Waals surface area contributed by atoms with E-state index in [0.29, 0.717) is 6.54 Å². The third-order valence-corrected chi connectivity index (χ3v) is 3.31. The molecule has 0 radical (unpaired) electrons. The Bertz CT molecular complexity index is 513. The van der Waals surface area contributed by atoms with Crippen LogP contribution >= 0.6 is 0 Å². The number of fused-ring (bicyclic) bond motifs is 1. The summed E-state index contributed by atoms with van der Waals surface area (Å²) < 4.78 is 0. The minimum Gasteiger partial charge on any atom is -0.480 e. The van der Waals surface area contributed by atoms with E-state index in [2.05, 4.69) is 11.4 Å².